The molecule has 6 aromatic rings. The highest BCUT2D eigenvalue weighted by atomic mass is 35.5. The summed E-state index contributed by atoms with van der Waals surface area (Å²) >= 11 is 9.00. The van der Waals surface area contributed by atoms with Crippen LogP contribution in [0.2, 0.25) is 5.02 Å². The third-order valence-electron chi connectivity index (χ3n) is 21.3. The average Bonchev–Trinajstić information content (AvgIpc) is 1.68. The zero-order chi connectivity index (χ0) is 76.0. The fraction of sp³-hybridized carbons (Fsp3) is 0.494. The van der Waals surface area contributed by atoms with Crippen molar-refractivity contribution in [2.45, 2.75) is 161 Å². The van der Waals surface area contributed by atoms with Gasteiger partial charge in [0.1, 0.15) is 27.4 Å². The lowest BCUT2D eigenvalue weighted by molar-refractivity contribution is -0.139. The number of sulfone groups is 1. The summed E-state index contributed by atoms with van der Waals surface area (Å²) < 4.78 is 106. The maximum Gasteiger partial charge on any atom is 0.501 e. The summed E-state index contributed by atoms with van der Waals surface area (Å²) in [7, 11) is -9.38. The molecule has 1 saturated carbocycles. The van der Waals surface area contributed by atoms with Crippen LogP contribution < -0.4 is 30.3 Å². The number of sulfonamides is 1. The van der Waals surface area contributed by atoms with E-state index in [1.165, 1.54) is 51.9 Å². The van der Waals surface area contributed by atoms with Crippen molar-refractivity contribution in [2.24, 2.45) is 11.3 Å². The van der Waals surface area contributed by atoms with Gasteiger partial charge in [-0.15, -0.1) is 23.1 Å². The maximum absolute atomic E-state index is 14.6. The first kappa shape index (κ1) is 80.6. The lowest BCUT2D eigenvalue weighted by Crippen LogP contribution is -2.55. The van der Waals surface area contributed by atoms with Crippen LogP contribution in [0.15, 0.2) is 147 Å². The van der Waals surface area contributed by atoms with Gasteiger partial charge in [0.2, 0.25) is 23.5 Å². The second-order valence-corrected chi connectivity index (χ2v) is 35.4. The number of halogens is 4. The summed E-state index contributed by atoms with van der Waals surface area (Å²) in [5.74, 6) is -0.753. The van der Waals surface area contributed by atoms with E-state index in [2.05, 4.69) is 56.6 Å². The summed E-state index contributed by atoms with van der Waals surface area (Å²) in [5, 5.41) is 12.2. The highest BCUT2D eigenvalue weighted by Crippen LogP contribution is 2.44. The molecule has 11 rings (SSSR count). The van der Waals surface area contributed by atoms with Crippen molar-refractivity contribution in [2.75, 3.05) is 102 Å². The number of ether oxygens (including phenoxy) is 1. The molecule has 107 heavy (non-hydrogen) atoms. The number of allylic oxidation sites excluding steroid dienone is 1. The van der Waals surface area contributed by atoms with Crippen molar-refractivity contribution in [3.8, 4) is 5.75 Å². The minimum Gasteiger partial charge on any atom is -0.494 e. The number of rotatable bonds is 31. The van der Waals surface area contributed by atoms with Crippen LogP contribution in [0.1, 0.15) is 160 Å². The number of ketones is 1. The Kier molecular flexibility index (Phi) is 27.5. The summed E-state index contributed by atoms with van der Waals surface area (Å²) in [4.78, 5) is 82.3. The normalized spacial score (nSPS) is 18.7. The first-order valence-corrected chi connectivity index (χ1v) is 42.5. The number of likely N-dealkylation sites (N-methyl/N-ethyl adjacent to an activating group) is 1. The predicted molar refractivity (Wildman–Crippen MR) is 414 cm³/mol. The molecule has 4 fully saturated rings. The van der Waals surface area contributed by atoms with E-state index in [0.29, 0.717) is 125 Å². The van der Waals surface area contributed by atoms with Gasteiger partial charge < -0.3 is 35.4 Å². The number of carbonyl (C=O) groups excluding carboxylic acids is 5. The Morgan fingerprint density at radius 1 is 0.776 bits per heavy atom. The van der Waals surface area contributed by atoms with Crippen LogP contribution in [0.25, 0.3) is 5.57 Å². The number of hydrogen-bond donors (Lipinski definition) is 4. The lowest BCUT2D eigenvalue weighted by atomic mass is 9.73. The molecule has 4 atom stereocenters. The van der Waals surface area contributed by atoms with Crippen molar-refractivity contribution in [1.82, 2.24) is 39.9 Å². The predicted octanol–water partition coefficient (Wildman–Crippen LogP) is 13.3. The second-order valence-electron chi connectivity index (χ2n) is 29.4. The first-order valence-electron chi connectivity index (χ1n) is 37.2. The van der Waals surface area contributed by atoms with Crippen LogP contribution in [0.3, 0.4) is 0 Å². The van der Waals surface area contributed by atoms with Crippen molar-refractivity contribution in [1.29, 1.82) is 0 Å². The van der Waals surface area contributed by atoms with Gasteiger partial charge >= 0.3 is 5.51 Å². The molecule has 0 radical (unpaired) electrons. The van der Waals surface area contributed by atoms with Crippen molar-refractivity contribution in [3.05, 3.63) is 165 Å². The van der Waals surface area contributed by atoms with E-state index >= 15 is 0 Å². The minimum absolute atomic E-state index is 0.0100. The number of amides is 4. The number of anilines is 2. The quantitative estimate of drug-likeness (QED) is 0.0180. The molecule has 5 aromatic carbocycles. The van der Waals surface area contributed by atoms with Crippen molar-refractivity contribution < 1.29 is 58.7 Å². The number of unbranched alkanes of at least 4 members (excludes halogenated alkanes) is 2. The number of alkyl halides is 3. The highest BCUT2D eigenvalue weighted by Gasteiger charge is 2.49. The van der Waals surface area contributed by atoms with E-state index in [1.807, 2.05) is 57.0 Å². The molecule has 4 N–H and O–H groups in total. The molecule has 0 bridgehead atoms. The Labute approximate surface area is 640 Å². The number of likely N-dealkylation sites (tertiary alicyclic amines) is 1. The van der Waals surface area contributed by atoms with Gasteiger partial charge in [-0.25, -0.2) is 26.5 Å². The molecule has 3 aliphatic heterocycles. The van der Waals surface area contributed by atoms with Gasteiger partial charge in [0, 0.05) is 122 Å². The zero-order valence-electron chi connectivity index (χ0n) is 61.2. The Morgan fingerprint density at radius 3 is 2.21 bits per heavy atom. The summed E-state index contributed by atoms with van der Waals surface area (Å²) in [6.07, 6.45) is 12.2. The van der Waals surface area contributed by atoms with Crippen LogP contribution in [0.5, 0.6) is 5.75 Å². The number of hydrogen-bond acceptors (Lipinski definition) is 18. The van der Waals surface area contributed by atoms with Crippen LogP contribution >= 0.6 is 34.7 Å². The number of nitrogens with one attached hydrogen (secondary N) is 4. The van der Waals surface area contributed by atoms with E-state index in [1.54, 1.807) is 55.7 Å². The van der Waals surface area contributed by atoms with Crippen molar-refractivity contribution >= 4 is 101 Å². The highest BCUT2D eigenvalue weighted by molar-refractivity contribution is 7.99. The number of benzene rings is 5. The van der Waals surface area contributed by atoms with Gasteiger partial charge in [0.15, 0.2) is 0 Å². The Morgan fingerprint density at radius 2 is 1.50 bits per heavy atom. The summed E-state index contributed by atoms with van der Waals surface area (Å²) in [6.45, 7) is 13.5. The topological polar surface area (TPSA) is 240 Å². The lowest BCUT2D eigenvalue weighted by Gasteiger charge is -2.39. The third kappa shape index (κ3) is 21.2. The molecule has 5 aliphatic rings. The van der Waals surface area contributed by atoms with Gasteiger partial charge in [-0.2, -0.15) is 13.2 Å². The molecule has 20 nitrogen and oxygen atoms in total. The van der Waals surface area contributed by atoms with E-state index in [-0.39, 0.29) is 57.9 Å². The van der Waals surface area contributed by atoms with E-state index < -0.39 is 64.9 Å². The van der Waals surface area contributed by atoms with Gasteiger partial charge in [0.05, 0.1) is 29.3 Å². The smallest absolute Gasteiger partial charge is 0.494 e. The number of thiazole rings is 1. The molecule has 4 unspecified atom stereocenters. The SMILES string of the molecule is CNC(C)C(=O)NC(C(=O)N1CCCC1c1nc(C(=O)c2cccc(OCCCCCC(=O)N3CCN(CCC(CSc4ccccc4)Nc4ccc(S(=O)(=O)NC(=O)c5ccc(N6CCN(CC7=C(c8ccc(Cl)cc8)CCC(C)(C)C7)CC6)cc5)cc4S(=O)(=O)C(F)(F)F)CC3)c2)cs1)C1CCCCC1. The van der Waals surface area contributed by atoms with E-state index in [0.717, 1.165) is 100 Å². The number of carbonyl (C=O) groups is 5. The fourth-order valence-electron chi connectivity index (χ4n) is 14.9. The fourth-order valence-corrected chi connectivity index (χ4v) is 19.0. The van der Waals surface area contributed by atoms with E-state index in [4.69, 9.17) is 21.3 Å². The average molecular weight is 1570 g/mol. The zero-order valence-corrected chi connectivity index (χ0v) is 65.2. The van der Waals surface area contributed by atoms with Gasteiger partial charge in [-0.05, 0) is 186 Å². The largest absolute Gasteiger partial charge is 0.501 e. The molecule has 4 heterocycles. The number of thioether (sulfide) groups is 1. The van der Waals surface area contributed by atoms with Gasteiger partial charge in [-0.3, -0.25) is 33.8 Å². The third-order valence-corrected chi connectivity index (χ3v) is 26.5. The number of aromatic nitrogens is 1. The molecule has 2 aliphatic carbocycles. The van der Waals surface area contributed by atoms with E-state index in [9.17, 15) is 54.0 Å². The number of nitrogens with zero attached hydrogens (tertiary/aromatic N) is 6. The van der Waals surface area contributed by atoms with Crippen LogP contribution in [-0.2, 0) is 34.2 Å². The molecular weight excluding hydrogens is 1470 g/mol. The Balaban J connectivity index is 0.637. The van der Waals surface area contributed by atoms with Crippen LogP contribution in [-0.4, -0.2) is 186 Å². The second kappa shape index (κ2) is 36.4. The summed E-state index contributed by atoms with van der Waals surface area (Å²) in [5.41, 5.74) is -0.584. The molecule has 576 valence electrons. The Hall–Kier alpha value is -7.37. The monoisotopic (exact) mass is 1570 g/mol. The molecule has 1 aromatic heterocycles. The van der Waals surface area contributed by atoms with Crippen LogP contribution in [0.4, 0.5) is 24.5 Å². The minimum atomic E-state index is -6.17. The first-order chi connectivity index (χ1) is 51.2. The molecular formula is C79H98ClF3N10O10S4. The standard InChI is InChI=1S/C79H98ClF3N10O10S4/c1-54(84-4)74(96)87-72(56-16-8-5-9-17-56)77(98)93-37-15-22-69(93)76-86-68(53-105-76)73(95)58-18-14-19-63(48-58)103-47-13-7-12-23-71(94)92-45-39-89(40-46-92)38-35-61(52-104-64-20-10-6-11-21-64)85-67-33-32-65(49-70(67)106(99,100)79(81,82)83)107(101,102)88-75(97)57-26-30-62(31-27-57)91-43-41-90(42-44-91)51-59-50-78(2,3)36-34-66(59)55-24-28-60(80)29-25-55/h6,10-11,14,18-21,24-33,48-49,53-54,56,61,69,72,84-85H,5,7-9,12-13,15-17,22-23,34-47,50-52H2,1-4H3,(H,87,96)(H,88,97). The maximum atomic E-state index is 14.6. The van der Waals surface area contributed by atoms with Crippen molar-refractivity contribution in [3.63, 3.8) is 0 Å². The van der Waals surface area contributed by atoms with Gasteiger partial charge in [-0.1, -0.05) is 92.7 Å². The molecule has 0 spiro atoms. The number of piperazine rings is 2. The van der Waals surface area contributed by atoms with Crippen LogP contribution in [0, 0.1) is 11.3 Å². The molecule has 3 saturated heterocycles. The Bertz CT molecular complexity index is 4340. The summed E-state index contributed by atoms with van der Waals surface area (Å²) in [6, 6.07) is 31.0. The van der Waals surface area contributed by atoms with Gasteiger partial charge in [0.25, 0.3) is 25.8 Å². The molecule has 28 heteroatoms. The molecule has 4 amide bonds.